The molecule has 2 fully saturated rings. The molecule has 0 aromatic heterocycles. The zero-order chi connectivity index (χ0) is 16.5. The van der Waals surface area contributed by atoms with Gasteiger partial charge in [0.2, 0.25) is 5.91 Å². The summed E-state index contributed by atoms with van der Waals surface area (Å²) in [6.07, 6.45) is 6.41. The lowest BCUT2D eigenvalue weighted by Crippen LogP contribution is -2.49. The van der Waals surface area contributed by atoms with Gasteiger partial charge in [-0.05, 0) is 50.6 Å². The van der Waals surface area contributed by atoms with Gasteiger partial charge in [-0.25, -0.2) is 0 Å². The van der Waals surface area contributed by atoms with Gasteiger partial charge in [0.05, 0.1) is 0 Å². The third-order valence-corrected chi connectivity index (χ3v) is 5.17. The van der Waals surface area contributed by atoms with E-state index in [0.717, 1.165) is 45.8 Å². The quantitative estimate of drug-likeness (QED) is 0.567. The lowest BCUT2D eigenvalue weighted by Gasteiger charge is -2.38. The average molecular weight is 326 g/mol. The number of nitrogens with zero attached hydrogens (tertiary/aromatic N) is 1. The molecule has 5 N–H and O–H groups in total. The van der Waals surface area contributed by atoms with Gasteiger partial charge in [0, 0.05) is 45.3 Å². The van der Waals surface area contributed by atoms with Crippen LogP contribution in [0.25, 0.3) is 0 Å². The number of hydrogen-bond donors (Lipinski definition) is 3. The number of carbonyl (C=O) groups excluding carboxylic acids is 1. The van der Waals surface area contributed by atoms with E-state index in [1.54, 1.807) is 0 Å². The maximum atomic E-state index is 11.7. The van der Waals surface area contributed by atoms with Crippen LogP contribution in [0.5, 0.6) is 0 Å². The van der Waals surface area contributed by atoms with Gasteiger partial charge in [-0.3, -0.25) is 9.69 Å². The summed E-state index contributed by atoms with van der Waals surface area (Å²) in [6, 6.07) is 0.444. The predicted molar refractivity (Wildman–Crippen MR) is 92.0 cm³/mol. The fraction of sp³-hybridized carbons (Fsp3) is 0.941. The largest absolute Gasteiger partial charge is 0.381 e. The van der Waals surface area contributed by atoms with Gasteiger partial charge in [0.15, 0.2) is 0 Å². The third-order valence-electron chi connectivity index (χ3n) is 5.17. The van der Waals surface area contributed by atoms with Crippen LogP contribution in [0.1, 0.15) is 38.5 Å². The Morgan fingerprint density at radius 2 is 2.17 bits per heavy atom. The molecule has 0 aliphatic carbocycles. The van der Waals surface area contributed by atoms with Crippen molar-refractivity contribution in [2.45, 2.75) is 44.6 Å². The van der Waals surface area contributed by atoms with Gasteiger partial charge >= 0.3 is 0 Å². The molecule has 2 saturated heterocycles. The minimum Gasteiger partial charge on any atom is -0.381 e. The molecule has 2 aliphatic rings. The van der Waals surface area contributed by atoms with E-state index in [2.05, 4.69) is 10.2 Å². The highest BCUT2D eigenvalue weighted by molar-refractivity contribution is 5.76. The molecule has 134 valence electrons. The number of nitrogens with two attached hydrogens (primary N) is 2. The Balaban J connectivity index is 1.79. The van der Waals surface area contributed by atoms with Crippen molar-refractivity contribution < 1.29 is 9.53 Å². The minimum atomic E-state index is 0.0662. The Morgan fingerprint density at radius 1 is 1.30 bits per heavy atom. The first-order valence-corrected chi connectivity index (χ1v) is 9.21. The molecule has 0 saturated carbocycles. The van der Waals surface area contributed by atoms with Crippen molar-refractivity contribution in [2.24, 2.45) is 23.3 Å². The van der Waals surface area contributed by atoms with Crippen molar-refractivity contribution in [1.29, 1.82) is 0 Å². The zero-order valence-electron chi connectivity index (χ0n) is 14.3. The predicted octanol–water partition coefficient (Wildman–Crippen LogP) is 0.307. The highest BCUT2D eigenvalue weighted by Gasteiger charge is 2.27. The van der Waals surface area contributed by atoms with E-state index in [9.17, 15) is 4.79 Å². The molecule has 3 atom stereocenters. The second-order valence-corrected chi connectivity index (χ2v) is 7.05. The molecular formula is C17H34N4O2. The van der Waals surface area contributed by atoms with Crippen LogP contribution in [0.2, 0.25) is 0 Å². The minimum absolute atomic E-state index is 0.0662. The normalized spacial score (nSPS) is 27.0. The highest BCUT2D eigenvalue weighted by atomic mass is 16.5. The van der Waals surface area contributed by atoms with Gasteiger partial charge in [0.1, 0.15) is 0 Å². The van der Waals surface area contributed by atoms with E-state index < -0.39 is 0 Å². The molecule has 6 nitrogen and oxygen atoms in total. The standard InChI is InChI=1S/C17H34N4O2/c18-6-4-17(22)20-11-16-3-1-2-7-21(16)12-15(10-19)9-14-5-8-23-13-14/h14-16H,1-13,18-19H2,(H,20,22). The van der Waals surface area contributed by atoms with Gasteiger partial charge < -0.3 is 21.5 Å². The average Bonchev–Trinajstić information content (AvgIpc) is 3.06. The summed E-state index contributed by atoms with van der Waals surface area (Å²) >= 11 is 0. The van der Waals surface area contributed by atoms with Crippen LogP contribution in [0.4, 0.5) is 0 Å². The summed E-state index contributed by atoms with van der Waals surface area (Å²) in [5, 5.41) is 3.04. The number of piperidine rings is 1. The fourth-order valence-electron chi connectivity index (χ4n) is 3.80. The van der Waals surface area contributed by atoms with E-state index in [1.807, 2.05) is 0 Å². The Kier molecular flexibility index (Phi) is 8.30. The summed E-state index contributed by atoms with van der Waals surface area (Å²) < 4.78 is 5.49. The summed E-state index contributed by atoms with van der Waals surface area (Å²) in [7, 11) is 0. The van der Waals surface area contributed by atoms with Crippen molar-refractivity contribution in [3.63, 3.8) is 0 Å². The lowest BCUT2D eigenvalue weighted by atomic mass is 9.91. The maximum Gasteiger partial charge on any atom is 0.221 e. The van der Waals surface area contributed by atoms with Gasteiger partial charge in [-0.1, -0.05) is 6.42 Å². The molecule has 2 aliphatic heterocycles. The third kappa shape index (κ3) is 6.37. The monoisotopic (exact) mass is 326 g/mol. The van der Waals surface area contributed by atoms with Crippen LogP contribution in [0.15, 0.2) is 0 Å². The van der Waals surface area contributed by atoms with Crippen LogP contribution in [-0.2, 0) is 9.53 Å². The Labute approximate surface area is 140 Å². The summed E-state index contributed by atoms with van der Waals surface area (Å²) in [5.41, 5.74) is 11.5. The van der Waals surface area contributed by atoms with E-state index in [1.165, 1.54) is 25.7 Å². The van der Waals surface area contributed by atoms with Crippen molar-refractivity contribution in [1.82, 2.24) is 10.2 Å². The number of nitrogens with one attached hydrogen (secondary N) is 1. The SMILES string of the molecule is NCCC(=O)NCC1CCCCN1CC(CN)CC1CCOC1. The lowest BCUT2D eigenvalue weighted by molar-refractivity contribution is -0.121. The van der Waals surface area contributed by atoms with Gasteiger partial charge in [-0.2, -0.15) is 0 Å². The molecule has 1 amide bonds. The number of rotatable bonds is 9. The molecule has 6 heteroatoms. The van der Waals surface area contributed by atoms with Crippen molar-refractivity contribution in [3.05, 3.63) is 0 Å². The fourth-order valence-corrected chi connectivity index (χ4v) is 3.80. The topological polar surface area (TPSA) is 93.6 Å². The molecule has 0 spiro atoms. The second-order valence-electron chi connectivity index (χ2n) is 7.05. The van der Waals surface area contributed by atoms with Gasteiger partial charge in [-0.15, -0.1) is 0 Å². The molecule has 2 rings (SSSR count). The van der Waals surface area contributed by atoms with Crippen molar-refractivity contribution in [2.75, 3.05) is 45.9 Å². The summed E-state index contributed by atoms with van der Waals surface area (Å²) in [5.74, 6) is 1.27. The van der Waals surface area contributed by atoms with Crippen LogP contribution >= 0.6 is 0 Å². The Morgan fingerprint density at radius 3 is 2.87 bits per heavy atom. The van der Waals surface area contributed by atoms with E-state index >= 15 is 0 Å². The van der Waals surface area contributed by atoms with E-state index in [-0.39, 0.29) is 5.91 Å². The van der Waals surface area contributed by atoms with Crippen LogP contribution < -0.4 is 16.8 Å². The zero-order valence-corrected chi connectivity index (χ0v) is 14.3. The number of hydrogen-bond acceptors (Lipinski definition) is 5. The highest BCUT2D eigenvalue weighted by Crippen LogP contribution is 2.24. The molecular weight excluding hydrogens is 292 g/mol. The number of ether oxygens (including phenoxy) is 1. The Hall–Kier alpha value is -0.690. The first kappa shape index (κ1) is 18.6. The van der Waals surface area contributed by atoms with Crippen molar-refractivity contribution in [3.8, 4) is 0 Å². The Bertz CT molecular complexity index is 347. The van der Waals surface area contributed by atoms with Crippen molar-refractivity contribution >= 4 is 5.91 Å². The van der Waals surface area contributed by atoms with Crippen LogP contribution in [0.3, 0.4) is 0 Å². The molecule has 2 heterocycles. The molecule has 0 radical (unpaired) electrons. The maximum absolute atomic E-state index is 11.7. The molecule has 23 heavy (non-hydrogen) atoms. The second kappa shape index (κ2) is 10.2. The van der Waals surface area contributed by atoms with Crippen LogP contribution in [0, 0.1) is 11.8 Å². The van der Waals surface area contributed by atoms with Crippen LogP contribution in [-0.4, -0.2) is 62.8 Å². The molecule has 0 bridgehead atoms. The first-order chi connectivity index (χ1) is 11.2. The molecule has 0 aromatic carbocycles. The molecule has 0 aromatic rings. The van der Waals surface area contributed by atoms with E-state index in [0.29, 0.717) is 30.8 Å². The van der Waals surface area contributed by atoms with Gasteiger partial charge in [0.25, 0.3) is 0 Å². The number of likely N-dealkylation sites (tertiary alicyclic amines) is 1. The van der Waals surface area contributed by atoms with E-state index in [4.69, 9.17) is 16.2 Å². The summed E-state index contributed by atoms with van der Waals surface area (Å²) in [4.78, 5) is 14.2. The number of amides is 1. The molecule has 3 unspecified atom stereocenters. The number of carbonyl (C=O) groups is 1. The first-order valence-electron chi connectivity index (χ1n) is 9.21. The smallest absolute Gasteiger partial charge is 0.221 e. The summed E-state index contributed by atoms with van der Waals surface area (Å²) in [6.45, 7) is 5.86.